The Kier molecular flexibility index (Phi) is 5.12. The molecule has 1 aromatic heterocycles. The van der Waals surface area contributed by atoms with Crippen molar-refractivity contribution >= 4 is 15.9 Å². The molecule has 26 heavy (non-hydrogen) atoms. The van der Waals surface area contributed by atoms with Crippen molar-refractivity contribution < 1.29 is 17.7 Å². The van der Waals surface area contributed by atoms with Gasteiger partial charge in [-0.15, -0.1) is 0 Å². The molecule has 1 aromatic carbocycles. The molecule has 3 rings (SSSR count). The first-order chi connectivity index (χ1) is 12.3. The highest BCUT2D eigenvalue weighted by Crippen LogP contribution is 2.19. The Balaban J connectivity index is 1.61. The second-order valence-electron chi connectivity index (χ2n) is 6.42. The first-order valence-corrected chi connectivity index (χ1v) is 9.80. The van der Waals surface area contributed by atoms with Gasteiger partial charge in [-0.1, -0.05) is 23.4 Å². The van der Waals surface area contributed by atoms with Crippen LogP contribution in [0.5, 0.6) is 0 Å². The number of amides is 1. The lowest BCUT2D eigenvalue weighted by atomic mass is 10.1. The summed E-state index contributed by atoms with van der Waals surface area (Å²) in [5.74, 6) is -0.215. The van der Waals surface area contributed by atoms with Crippen molar-refractivity contribution in [3.05, 3.63) is 46.3 Å². The van der Waals surface area contributed by atoms with Gasteiger partial charge >= 0.3 is 0 Å². The van der Waals surface area contributed by atoms with Crippen LogP contribution in [0.4, 0.5) is 0 Å². The topological polar surface area (TPSA) is 113 Å². The van der Waals surface area contributed by atoms with E-state index in [1.807, 2.05) is 18.2 Å². The van der Waals surface area contributed by atoms with E-state index in [0.717, 1.165) is 18.7 Å². The molecule has 0 aliphatic carbocycles. The number of sulfonamides is 1. The smallest absolute Gasteiger partial charge is 0.246 e. The first-order valence-electron chi connectivity index (χ1n) is 8.32. The number of hydrogen-bond acceptors (Lipinski definition) is 6. The summed E-state index contributed by atoms with van der Waals surface area (Å²) in [7, 11) is -3.89. The zero-order chi connectivity index (χ0) is 18.9. The van der Waals surface area contributed by atoms with Crippen LogP contribution < -0.4 is 15.4 Å². The van der Waals surface area contributed by atoms with E-state index in [-0.39, 0.29) is 16.3 Å². The molecule has 0 saturated carbocycles. The second kappa shape index (κ2) is 7.18. The van der Waals surface area contributed by atoms with Crippen LogP contribution in [0.3, 0.4) is 0 Å². The van der Waals surface area contributed by atoms with Crippen LogP contribution in [-0.4, -0.2) is 25.5 Å². The molecule has 0 radical (unpaired) electrons. The normalized spacial score (nSPS) is 14.9. The number of nitrogens with one attached hydrogen (secondary N) is 3. The van der Waals surface area contributed by atoms with Crippen LogP contribution >= 0.6 is 0 Å². The van der Waals surface area contributed by atoms with Gasteiger partial charge in [-0.3, -0.25) is 4.79 Å². The number of aromatic nitrogens is 1. The van der Waals surface area contributed by atoms with Gasteiger partial charge in [0.2, 0.25) is 15.9 Å². The molecule has 0 fully saturated rings. The monoisotopic (exact) mass is 378 g/mol. The Morgan fingerprint density at radius 2 is 2.04 bits per heavy atom. The highest BCUT2D eigenvalue weighted by atomic mass is 32.2. The van der Waals surface area contributed by atoms with E-state index < -0.39 is 22.0 Å². The van der Waals surface area contributed by atoms with E-state index in [1.165, 1.54) is 25.0 Å². The van der Waals surface area contributed by atoms with Crippen molar-refractivity contribution in [2.45, 2.75) is 51.3 Å². The summed E-state index contributed by atoms with van der Waals surface area (Å²) in [5.41, 5.74) is 3.72. The summed E-state index contributed by atoms with van der Waals surface area (Å²) in [6.45, 7) is 6.58. The minimum atomic E-state index is -3.89. The number of aryl methyl sites for hydroxylation is 2. The van der Waals surface area contributed by atoms with Crippen LogP contribution in [0, 0.1) is 13.8 Å². The molecule has 8 nitrogen and oxygen atoms in total. The molecule has 1 aliphatic rings. The van der Waals surface area contributed by atoms with Crippen LogP contribution in [0.2, 0.25) is 0 Å². The maximum Gasteiger partial charge on any atom is 0.246 e. The second-order valence-corrected chi connectivity index (χ2v) is 8.07. The van der Waals surface area contributed by atoms with Crippen molar-refractivity contribution in [2.24, 2.45) is 0 Å². The zero-order valence-corrected chi connectivity index (χ0v) is 15.7. The molecule has 2 aromatic rings. The van der Waals surface area contributed by atoms with Crippen molar-refractivity contribution in [3.63, 3.8) is 0 Å². The average Bonchev–Trinajstić information content (AvgIpc) is 3.17. The fourth-order valence-corrected chi connectivity index (χ4v) is 4.54. The maximum absolute atomic E-state index is 12.5. The van der Waals surface area contributed by atoms with Gasteiger partial charge in [-0.2, -0.15) is 4.72 Å². The molecule has 0 saturated heterocycles. The molecule has 140 valence electrons. The van der Waals surface area contributed by atoms with Gasteiger partial charge < -0.3 is 15.2 Å². The van der Waals surface area contributed by atoms with Gasteiger partial charge in [0.1, 0.15) is 10.6 Å². The molecule has 1 amide bonds. The number of hydrogen-bond donors (Lipinski definition) is 3. The zero-order valence-electron chi connectivity index (χ0n) is 14.9. The SMILES string of the molecule is Cc1noc(C)c1S(=O)(=O)NC(C)C(=O)NCc1ccc2c(c1)CNC2. The Labute approximate surface area is 152 Å². The Morgan fingerprint density at radius 3 is 2.73 bits per heavy atom. The summed E-state index contributed by atoms with van der Waals surface area (Å²) in [5, 5.41) is 9.67. The summed E-state index contributed by atoms with van der Waals surface area (Å²) < 4.78 is 32.2. The Hall–Kier alpha value is -2.23. The minimum absolute atomic E-state index is 0.0247. The largest absolute Gasteiger partial charge is 0.360 e. The summed E-state index contributed by atoms with van der Waals surface area (Å²) >= 11 is 0. The van der Waals surface area contributed by atoms with Crippen molar-refractivity contribution in [1.29, 1.82) is 0 Å². The third-order valence-corrected chi connectivity index (χ3v) is 6.11. The van der Waals surface area contributed by atoms with E-state index >= 15 is 0 Å². The summed E-state index contributed by atoms with van der Waals surface area (Å²) in [6.07, 6.45) is 0. The quantitative estimate of drug-likeness (QED) is 0.688. The van der Waals surface area contributed by atoms with Gasteiger partial charge in [0, 0.05) is 19.6 Å². The van der Waals surface area contributed by atoms with Gasteiger partial charge in [0.05, 0.1) is 6.04 Å². The lowest BCUT2D eigenvalue weighted by molar-refractivity contribution is -0.122. The van der Waals surface area contributed by atoms with Crippen LogP contribution in [-0.2, 0) is 34.5 Å². The number of carbonyl (C=O) groups is 1. The summed E-state index contributed by atoms with van der Waals surface area (Å²) in [4.78, 5) is 12.3. The Morgan fingerprint density at radius 1 is 1.31 bits per heavy atom. The van der Waals surface area contributed by atoms with E-state index in [4.69, 9.17) is 4.52 Å². The fourth-order valence-electron chi connectivity index (χ4n) is 3.00. The highest BCUT2D eigenvalue weighted by molar-refractivity contribution is 7.89. The minimum Gasteiger partial charge on any atom is -0.360 e. The molecule has 9 heteroatoms. The van der Waals surface area contributed by atoms with Crippen LogP contribution in [0.25, 0.3) is 0 Å². The van der Waals surface area contributed by atoms with Gasteiger partial charge in [-0.05, 0) is 37.5 Å². The number of nitrogens with zero attached hydrogens (tertiary/aromatic N) is 1. The van der Waals surface area contributed by atoms with E-state index in [1.54, 1.807) is 6.92 Å². The molecule has 3 N–H and O–H groups in total. The molecule has 0 bridgehead atoms. The Bertz CT molecular complexity index is 917. The highest BCUT2D eigenvalue weighted by Gasteiger charge is 2.28. The average molecular weight is 378 g/mol. The fraction of sp³-hybridized carbons (Fsp3) is 0.412. The van der Waals surface area contributed by atoms with Crippen molar-refractivity contribution in [1.82, 2.24) is 20.5 Å². The third-order valence-electron chi connectivity index (χ3n) is 4.33. The standard InChI is InChI=1S/C17H22N4O4S/c1-10-16(12(3)25-20-10)26(23,24)21-11(2)17(22)19-7-13-4-5-14-8-18-9-15(14)6-13/h4-6,11,18,21H,7-9H2,1-3H3,(H,19,22). The van der Waals surface area contributed by atoms with Crippen molar-refractivity contribution in [3.8, 4) is 0 Å². The van der Waals surface area contributed by atoms with Crippen molar-refractivity contribution in [2.75, 3.05) is 0 Å². The molecule has 1 atom stereocenters. The van der Waals surface area contributed by atoms with E-state index in [2.05, 4.69) is 20.5 Å². The molecule has 1 unspecified atom stereocenters. The predicted octanol–water partition coefficient (Wildman–Crippen LogP) is 0.878. The lowest BCUT2D eigenvalue weighted by Gasteiger charge is -2.14. The molecule has 0 spiro atoms. The maximum atomic E-state index is 12.5. The number of fused-ring (bicyclic) bond motifs is 1. The van der Waals surface area contributed by atoms with Crippen LogP contribution in [0.15, 0.2) is 27.6 Å². The third kappa shape index (κ3) is 3.79. The van der Waals surface area contributed by atoms with Gasteiger partial charge in [-0.25, -0.2) is 8.42 Å². The molecular weight excluding hydrogens is 356 g/mol. The van der Waals surface area contributed by atoms with Gasteiger partial charge in [0.15, 0.2) is 5.76 Å². The van der Waals surface area contributed by atoms with E-state index in [0.29, 0.717) is 6.54 Å². The summed E-state index contributed by atoms with van der Waals surface area (Å²) in [6, 6.07) is 5.13. The molecule has 1 aliphatic heterocycles. The predicted molar refractivity (Wildman–Crippen MR) is 94.6 cm³/mol. The number of carbonyl (C=O) groups excluding carboxylic acids is 1. The first kappa shape index (κ1) is 18.6. The molecule has 2 heterocycles. The number of benzene rings is 1. The van der Waals surface area contributed by atoms with Gasteiger partial charge in [0.25, 0.3) is 0 Å². The lowest BCUT2D eigenvalue weighted by Crippen LogP contribution is -2.44. The number of rotatable bonds is 6. The molecular formula is C17H22N4O4S. The van der Waals surface area contributed by atoms with E-state index in [9.17, 15) is 13.2 Å². The van der Waals surface area contributed by atoms with Crippen LogP contribution in [0.1, 0.15) is 35.1 Å².